The fourth-order valence-corrected chi connectivity index (χ4v) is 4.44. The zero-order valence-corrected chi connectivity index (χ0v) is 17.1. The first kappa shape index (κ1) is 18.2. The molecule has 0 unspecified atom stereocenters. The van der Waals surface area contributed by atoms with E-state index in [1.54, 1.807) is 11.3 Å². The third kappa shape index (κ3) is 4.14. The lowest BCUT2D eigenvalue weighted by atomic mass is 10.1. The van der Waals surface area contributed by atoms with E-state index < -0.39 is 0 Å². The zero-order chi connectivity index (χ0) is 18.0. The molecule has 25 heavy (non-hydrogen) atoms. The first-order valence-electron chi connectivity index (χ1n) is 8.20. The summed E-state index contributed by atoms with van der Waals surface area (Å²) < 4.78 is 4.26. The number of nitrogens with one attached hydrogen (secondary N) is 1. The van der Waals surface area contributed by atoms with Gasteiger partial charge in [0.1, 0.15) is 5.69 Å². The number of halogens is 1. The van der Waals surface area contributed by atoms with Crippen LogP contribution in [0.2, 0.25) is 0 Å². The molecular weight excluding hydrogens is 398 g/mol. The predicted molar refractivity (Wildman–Crippen MR) is 109 cm³/mol. The smallest absolute Gasteiger partial charge is 0.268 e. The molecule has 2 heterocycles. The van der Waals surface area contributed by atoms with Crippen LogP contribution < -0.4 is 5.32 Å². The van der Waals surface area contributed by atoms with Crippen LogP contribution in [0.3, 0.4) is 0 Å². The van der Waals surface area contributed by atoms with Gasteiger partial charge in [0, 0.05) is 25.0 Å². The Morgan fingerprint density at radius 2 is 2.00 bits per heavy atom. The molecule has 1 amide bonds. The van der Waals surface area contributed by atoms with Crippen LogP contribution in [0, 0.1) is 6.92 Å². The molecule has 0 aliphatic rings. The van der Waals surface area contributed by atoms with Gasteiger partial charge in [-0.3, -0.25) is 4.79 Å². The number of benzene rings is 1. The predicted octanol–water partition coefficient (Wildman–Crippen LogP) is 4.11. The summed E-state index contributed by atoms with van der Waals surface area (Å²) in [5, 5.41) is 5.10. The van der Waals surface area contributed by atoms with Gasteiger partial charge in [-0.2, -0.15) is 0 Å². The third-order valence-electron chi connectivity index (χ3n) is 4.12. The minimum absolute atomic E-state index is 0.0238. The van der Waals surface area contributed by atoms with Gasteiger partial charge in [0.25, 0.3) is 5.91 Å². The zero-order valence-electron chi connectivity index (χ0n) is 14.7. The van der Waals surface area contributed by atoms with Crippen molar-refractivity contribution in [1.82, 2.24) is 14.8 Å². The normalized spacial score (nSPS) is 11.4. The van der Waals surface area contributed by atoms with E-state index in [-0.39, 0.29) is 5.91 Å². The number of carbonyl (C=O) groups excluding carboxylic acids is 1. The molecule has 0 fully saturated rings. The maximum Gasteiger partial charge on any atom is 0.268 e. The number of amides is 1. The van der Waals surface area contributed by atoms with Crippen LogP contribution in [0.1, 0.15) is 21.6 Å². The number of nitrogens with zero attached hydrogens (tertiary/aromatic N) is 2. The number of likely N-dealkylation sites (N-methyl/N-ethyl adjacent to an activating group) is 1. The molecule has 2 aromatic heterocycles. The monoisotopic (exact) mass is 419 g/mol. The molecule has 1 aromatic carbocycles. The van der Waals surface area contributed by atoms with E-state index in [0.717, 1.165) is 21.2 Å². The van der Waals surface area contributed by atoms with E-state index in [2.05, 4.69) is 67.3 Å². The van der Waals surface area contributed by atoms with Crippen LogP contribution in [0.15, 0.2) is 40.2 Å². The van der Waals surface area contributed by atoms with Crippen molar-refractivity contribution in [3.63, 3.8) is 0 Å². The quantitative estimate of drug-likeness (QED) is 0.652. The van der Waals surface area contributed by atoms with E-state index in [0.29, 0.717) is 18.8 Å². The van der Waals surface area contributed by atoms with Crippen molar-refractivity contribution < 1.29 is 4.79 Å². The first-order chi connectivity index (χ1) is 12.0. The minimum Gasteiger partial charge on any atom is -0.349 e. The van der Waals surface area contributed by atoms with Gasteiger partial charge in [0.2, 0.25) is 0 Å². The maximum absolute atomic E-state index is 12.7. The summed E-state index contributed by atoms with van der Waals surface area (Å²) in [6, 6.07) is 10.4. The van der Waals surface area contributed by atoms with Crippen LogP contribution >= 0.6 is 27.3 Å². The number of hydrogen-bond acceptors (Lipinski definition) is 3. The molecule has 0 saturated carbocycles. The lowest BCUT2D eigenvalue weighted by molar-refractivity contribution is 0.0942. The SMILES string of the molecule is Cc1ccc(Cn2c(C(=O)NCCN(C)C)cc3scc(Br)c32)cc1. The Balaban J connectivity index is 1.92. The number of aryl methyl sites for hydroxylation is 1. The van der Waals surface area contributed by atoms with Gasteiger partial charge in [-0.15, -0.1) is 11.3 Å². The second-order valence-electron chi connectivity index (χ2n) is 6.46. The van der Waals surface area contributed by atoms with Crippen molar-refractivity contribution in [2.24, 2.45) is 0 Å². The summed E-state index contributed by atoms with van der Waals surface area (Å²) in [4.78, 5) is 14.8. The largest absolute Gasteiger partial charge is 0.349 e. The second-order valence-corrected chi connectivity index (χ2v) is 8.22. The van der Waals surface area contributed by atoms with Crippen molar-refractivity contribution >= 4 is 43.4 Å². The van der Waals surface area contributed by atoms with E-state index in [9.17, 15) is 4.79 Å². The molecule has 1 N–H and O–H groups in total. The van der Waals surface area contributed by atoms with Gasteiger partial charge in [-0.25, -0.2) is 0 Å². The van der Waals surface area contributed by atoms with Crippen LogP contribution in [-0.4, -0.2) is 42.6 Å². The fourth-order valence-electron chi connectivity index (χ4n) is 2.74. The summed E-state index contributed by atoms with van der Waals surface area (Å²) in [5.41, 5.74) is 4.22. The molecule has 132 valence electrons. The molecule has 6 heteroatoms. The molecule has 0 aliphatic heterocycles. The van der Waals surface area contributed by atoms with Crippen LogP contribution in [0.5, 0.6) is 0 Å². The lowest BCUT2D eigenvalue weighted by Gasteiger charge is -2.13. The highest BCUT2D eigenvalue weighted by atomic mass is 79.9. The molecule has 0 spiro atoms. The highest BCUT2D eigenvalue weighted by molar-refractivity contribution is 9.10. The summed E-state index contributed by atoms with van der Waals surface area (Å²) in [6.07, 6.45) is 0. The van der Waals surface area contributed by atoms with Gasteiger partial charge in [0.05, 0.1) is 14.7 Å². The molecule has 0 bridgehead atoms. The Kier molecular flexibility index (Phi) is 5.61. The minimum atomic E-state index is -0.0238. The van der Waals surface area contributed by atoms with E-state index >= 15 is 0 Å². The Labute approximate surface area is 160 Å². The molecule has 0 saturated heterocycles. The number of thiophene rings is 1. The highest BCUT2D eigenvalue weighted by Crippen LogP contribution is 2.33. The lowest BCUT2D eigenvalue weighted by Crippen LogP contribution is -2.32. The molecule has 0 radical (unpaired) electrons. The topological polar surface area (TPSA) is 37.3 Å². The second kappa shape index (κ2) is 7.72. The van der Waals surface area contributed by atoms with Crippen molar-refractivity contribution in [2.45, 2.75) is 13.5 Å². The van der Waals surface area contributed by atoms with Crippen molar-refractivity contribution in [1.29, 1.82) is 0 Å². The molecule has 0 atom stereocenters. The fraction of sp³-hybridized carbons (Fsp3) is 0.316. The Bertz CT molecular complexity index is 880. The molecule has 4 nitrogen and oxygen atoms in total. The number of hydrogen-bond donors (Lipinski definition) is 1. The molecule has 3 rings (SSSR count). The van der Waals surface area contributed by atoms with Crippen LogP contribution in [0.4, 0.5) is 0 Å². The first-order valence-corrected chi connectivity index (χ1v) is 9.87. The van der Waals surface area contributed by atoms with Crippen LogP contribution in [0.25, 0.3) is 10.2 Å². The van der Waals surface area contributed by atoms with Gasteiger partial charge >= 0.3 is 0 Å². The van der Waals surface area contributed by atoms with Crippen molar-refractivity contribution in [3.05, 3.63) is 57.0 Å². The molecule has 0 aliphatic carbocycles. The number of carbonyl (C=O) groups is 1. The third-order valence-corrected chi connectivity index (χ3v) is 5.94. The van der Waals surface area contributed by atoms with Crippen molar-refractivity contribution in [3.8, 4) is 0 Å². The molecular formula is C19H22BrN3OS. The average molecular weight is 420 g/mol. The van der Waals surface area contributed by atoms with Crippen LogP contribution in [-0.2, 0) is 6.54 Å². The summed E-state index contributed by atoms with van der Waals surface area (Å²) >= 11 is 5.28. The Morgan fingerprint density at radius 3 is 2.68 bits per heavy atom. The van der Waals surface area contributed by atoms with E-state index in [4.69, 9.17) is 0 Å². The standard InChI is InChI=1S/C19H22BrN3OS/c1-13-4-6-14(7-5-13)11-23-16(19(24)21-8-9-22(2)3)10-17-18(23)15(20)12-25-17/h4-7,10,12H,8-9,11H2,1-3H3,(H,21,24). The summed E-state index contributed by atoms with van der Waals surface area (Å²) in [6.45, 7) is 4.21. The van der Waals surface area contributed by atoms with Gasteiger partial charge in [-0.05, 0) is 48.6 Å². The van der Waals surface area contributed by atoms with E-state index in [1.165, 1.54) is 11.1 Å². The van der Waals surface area contributed by atoms with Gasteiger partial charge in [0.15, 0.2) is 0 Å². The average Bonchev–Trinajstić information content (AvgIpc) is 3.10. The number of aromatic nitrogens is 1. The van der Waals surface area contributed by atoms with Gasteiger partial charge < -0.3 is 14.8 Å². The number of rotatable bonds is 6. The number of fused-ring (bicyclic) bond motifs is 1. The maximum atomic E-state index is 12.7. The van der Waals surface area contributed by atoms with Crippen molar-refractivity contribution in [2.75, 3.05) is 27.2 Å². The van der Waals surface area contributed by atoms with Gasteiger partial charge in [-0.1, -0.05) is 29.8 Å². The summed E-state index contributed by atoms with van der Waals surface area (Å²) in [5.74, 6) is -0.0238. The molecule has 3 aromatic rings. The van der Waals surface area contributed by atoms with E-state index in [1.807, 2.05) is 20.2 Å². The Hall–Kier alpha value is -1.63. The Morgan fingerprint density at radius 1 is 1.28 bits per heavy atom. The highest BCUT2D eigenvalue weighted by Gasteiger charge is 2.18. The summed E-state index contributed by atoms with van der Waals surface area (Å²) in [7, 11) is 4.00.